The molecule has 0 bridgehead atoms. The van der Waals surface area contributed by atoms with Gasteiger partial charge < -0.3 is 14.6 Å². The first kappa shape index (κ1) is 24.0. The average Bonchev–Trinajstić information content (AvgIpc) is 3.10. The Morgan fingerprint density at radius 3 is 2.69 bits per heavy atom. The van der Waals surface area contributed by atoms with E-state index in [-0.39, 0.29) is 10.8 Å². The minimum Gasteiger partial charge on any atom is -0.491 e. The third-order valence-electron chi connectivity index (χ3n) is 6.44. The summed E-state index contributed by atoms with van der Waals surface area (Å²) in [6, 6.07) is 13.6. The van der Waals surface area contributed by atoms with Crippen molar-refractivity contribution in [1.82, 2.24) is 14.9 Å². The summed E-state index contributed by atoms with van der Waals surface area (Å²) in [5.74, 6) is 0.728. The lowest BCUT2D eigenvalue weighted by molar-refractivity contribution is 0.0732. The van der Waals surface area contributed by atoms with Crippen molar-refractivity contribution in [3.8, 4) is 16.9 Å². The lowest BCUT2D eigenvalue weighted by Gasteiger charge is -2.22. The molecular formula is C27H26FN3O4S. The number of nitrogens with one attached hydrogen (secondary N) is 1. The fraction of sp³-hybridized carbons (Fsp3) is 0.259. The molecule has 1 N–H and O–H groups in total. The highest BCUT2D eigenvalue weighted by molar-refractivity contribution is 7.90. The van der Waals surface area contributed by atoms with Crippen molar-refractivity contribution < 1.29 is 22.3 Å². The van der Waals surface area contributed by atoms with Crippen molar-refractivity contribution in [1.29, 1.82) is 0 Å². The van der Waals surface area contributed by atoms with Gasteiger partial charge in [0.2, 0.25) is 0 Å². The maximum absolute atomic E-state index is 14.7. The molecule has 0 radical (unpaired) electrons. The Balaban J connectivity index is 1.48. The summed E-state index contributed by atoms with van der Waals surface area (Å²) in [4.78, 5) is 22.7. The third kappa shape index (κ3) is 4.46. The van der Waals surface area contributed by atoms with Gasteiger partial charge in [0.25, 0.3) is 5.91 Å². The number of nitrogens with zero attached hydrogens (tertiary/aromatic N) is 2. The predicted molar refractivity (Wildman–Crippen MR) is 135 cm³/mol. The van der Waals surface area contributed by atoms with Crippen LogP contribution in [0.15, 0.2) is 53.4 Å². The number of halogens is 1. The molecule has 0 saturated heterocycles. The number of hydrogen-bond acceptors (Lipinski definition) is 5. The molecule has 5 rings (SSSR count). The Labute approximate surface area is 208 Å². The number of carbonyl (C=O) groups is 1. The Bertz CT molecular complexity index is 1610. The predicted octanol–water partition coefficient (Wildman–Crippen LogP) is 4.68. The van der Waals surface area contributed by atoms with Crippen LogP contribution in [-0.2, 0) is 22.8 Å². The van der Waals surface area contributed by atoms with Crippen molar-refractivity contribution >= 4 is 26.8 Å². The number of aromatic amines is 1. The summed E-state index contributed by atoms with van der Waals surface area (Å²) in [5.41, 5.74) is 4.39. The molecule has 4 aromatic rings. The average molecular weight is 508 g/mol. The molecule has 9 heteroatoms. The molecule has 7 nitrogen and oxygen atoms in total. The summed E-state index contributed by atoms with van der Waals surface area (Å²) in [6.45, 7) is 4.70. The van der Waals surface area contributed by atoms with Gasteiger partial charge in [-0.25, -0.2) is 17.8 Å². The molecule has 0 atom stereocenters. The van der Waals surface area contributed by atoms with Crippen molar-refractivity contribution in [3.63, 3.8) is 0 Å². The number of ether oxygens (including phenoxy) is 1. The number of benzene rings is 3. The number of aromatic nitrogens is 2. The third-order valence-corrected chi connectivity index (χ3v) is 7.55. The molecule has 3 aromatic carbocycles. The zero-order valence-electron chi connectivity index (χ0n) is 20.3. The van der Waals surface area contributed by atoms with Crippen LogP contribution in [0.2, 0.25) is 0 Å². The van der Waals surface area contributed by atoms with Crippen LogP contribution >= 0.6 is 0 Å². The van der Waals surface area contributed by atoms with E-state index in [0.717, 1.165) is 17.4 Å². The molecule has 1 aliphatic rings. The van der Waals surface area contributed by atoms with Crippen molar-refractivity contribution in [2.45, 2.75) is 31.7 Å². The molecule has 0 aliphatic carbocycles. The minimum atomic E-state index is -3.37. The molecule has 1 aliphatic heterocycles. The van der Waals surface area contributed by atoms with Gasteiger partial charge in [0.05, 0.1) is 17.0 Å². The van der Waals surface area contributed by atoms with Crippen LogP contribution < -0.4 is 4.74 Å². The van der Waals surface area contributed by atoms with Crippen LogP contribution in [0, 0.1) is 12.7 Å². The van der Waals surface area contributed by atoms with Gasteiger partial charge in [-0.05, 0) is 72.5 Å². The van der Waals surface area contributed by atoms with Crippen LogP contribution in [-0.4, -0.2) is 48.6 Å². The normalized spacial score (nSPS) is 13.8. The fourth-order valence-electron chi connectivity index (χ4n) is 4.58. The molecular weight excluding hydrogens is 481 g/mol. The fourth-order valence-corrected chi connectivity index (χ4v) is 5.26. The smallest absolute Gasteiger partial charge is 0.254 e. The second-order valence-electron chi connectivity index (χ2n) is 9.02. The van der Waals surface area contributed by atoms with Crippen molar-refractivity contribution in [2.75, 3.05) is 19.4 Å². The number of imidazole rings is 1. The van der Waals surface area contributed by atoms with E-state index in [1.165, 1.54) is 12.1 Å². The van der Waals surface area contributed by atoms with Gasteiger partial charge in [-0.1, -0.05) is 13.0 Å². The topological polar surface area (TPSA) is 92.4 Å². The van der Waals surface area contributed by atoms with E-state index in [0.29, 0.717) is 65.4 Å². The molecule has 0 spiro atoms. The summed E-state index contributed by atoms with van der Waals surface area (Å²) in [7, 11) is -3.37. The van der Waals surface area contributed by atoms with E-state index in [1.54, 1.807) is 24.0 Å². The van der Waals surface area contributed by atoms with E-state index < -0.39 is 15.7 Å². The zero-order chi connectivity index (χ0) is 25.6. The van der Waals surface area contributed by atoms with Gasteiger partial charge in [0, 0.05) is 23.9 Å². The van der Waals surface area contributed by atoms with Crippen LogP contribution in [0.1, 0.15) is 34.2 Å². The van der Waals surface area contributed by atoms with Crippen LogP contribution in [0.3, 0.4) is 0 Å². The first-order chi connectivity index (χ1) is 17.1. The first-order valence-electron chi connectivity index (χ1n) is 11.7. The van der Waals surface area contributed by atoms with Crippen LogP contribution in [0.25, 0.3) is 22.2 Å². The molecule has 36 heavy (non-hydrogen) atoms. The van der Waals surface area contributed by atoms with Gasteiger partial charge in [0.1, 0.15) is 23.7 Å². The van der Waals surface area contributed by atoms with Gasteiger partial charge in [-0.15, -0.1) is 0 Å². The van der Waals surface area contributed by atoms with Crippen LogP contribution in [0.4, 0.5) is 4.39 Å². The molecule has 1 aromatic heterocycles. The largest absolute Gasteiger partial charge is 0.491 e. The molecule has 1 amide bonds. The number of H-pyrrole nitrogens is 1. The summed E-state index contributed by atoms with van der Waals surface area (Å²) >= 11 is 0. The number of rotatable bonds is 4. The van der Waals surface area contributed by atoms with E-state index in [4.69, 9.17) is 4.74 Å². The van der Waals surface area contributed by atoms with Gasteiger partial charge in [0.15, 0.2) is 15.7 Å². The monoisotopic (exact) mass is 507 g/mol. The highest BCUT2D eigenvalue weighted by Gasteiger charge is 2.24. The number of aryl methyl sites for hydroxylation is 2. The highest BCUT2D eigenvalue weighted by Crippen LogP contribution is 2.32. The quantitative estimate of drug-likeness (QED) is 0.433. The molecule has 2 heterocycles. The summed E-state index contributed by atoms with van der Waals surface area (Å²) in [5, 5.41) is 0. The van der Waals surface area contributed by atoms with Gasteiger partial charge >= 0.3 is 0 Å². The van der Waals surface area contributed by atoms with Gasteiger partial charge in [-0.3, -0.25) is 4.79 Å². The number of carbonyl (C=O) groups excluding carboxylic acids is 1. The maximum atomic E-state index is 14.7. The maximum Gasteiger partial charge on any atom is 0.254 e. The molecule has 0 saturated carbocycles. The van der Waals surface area contributed by atoms with E-state index in [1.807, 2.05) is 31.2 Å². The Hall–Kier alpha value is -3.72. The summed E-state index contributed by atoms with van der Waals surface area (Å²) < 4.78 is 44.5. The molecule has 186 valence electrons. The number of amides is 1. The Morgan fingerprint density at radius 1 is 1.14 bits per heavy atom. The standard InChI is InChI=1S/C27H26FN3O4S/c1-4-17-12-21(36(3,33)34)6-7-22(17)27(32)31-9-10-35-25-8-5-18(11-20(25)15-31)19-13-23(28)26-24(14-19)29-16(2)30-26/h5-8,11-14H,4,9-10,15H2,1-3H3,(H,29,30). The van der Waals surface area contributed by atoms with E-state index in [2.05, 4.69) is 9.97 Å². The van der Waals surface area contributed by atoms with Crippen molar-refractivity contribution in [2.24, 2.45) is 0 Å². The lowest BCUT2D eigenvalue weighted by atomic mass is 10.0. The Kier molecular flexibility index (Phi) is 6.04. The molecule has 0 fully saturated rings. The highest BCUT2D eigenvalue weighted by atomic mass is 32.2. The number of sulfone groups is 1. The van der Waals surface area contributed by atoms with Crippen molar-refractivity contribution in [3.05, 3.63) is 76.9 Å². The van der Waals surface area contributed by atoms with E-state index in [9.17, 15) is 17.6 Å². The first-order valence-corrected chi connectivity index (χ1v) is 13.6. The molecule has 0 unspecified atom stereocenters. The number of fused-ring (bicyclic) bond motifs is 2. The minimum absolute atomic E-state index is 0.186. The lowest BCUT2D eigenvalue weighted by Crippen LogP contribution is -2.33. The number of hydrogen-bond donors (Lipinski definition) is 1. The Morgan fingerprint density at radius 2 is 1.94 bits per heavy atom. The zero-order valence-corrected chi connectivity index (χ0v) is 21.1. The summed E-state index contributed by atoms with van der Waals surface area (Å²) in [6.07, 6.45) is 1.68. The van der Waals surface area contributed by atoms with Gasteiger partial charge in [-0.2, -0.15) is 0 Å². The SMILES string of the molecule is CCc1cc(S(C)(=O)=O)ccc1C(=O)N1CCOc2ccc(-c3cc(F)c4nc(C)[nH]c4c3)cc2C1. The second-order valence-corrected chi connectivity index (χ2v) is 11.0. The van der Waals surface area contributed by atoms with E-state index >= 15 is 0 Å². The second kappa shape index (κ2) is 9.05. The van der Waals surface area contributed by atoms with Crippen LogP contribution in [0.5, 0.6) is 5.75 Å².